The zero-order valence-electron chi connectivity index (χ0n) is 14.1. The Balaban J connectivity index is 2.91. The van der Waals surface area contributed by atoms with Crippen molar-refractivity contribution in [2.45, 2.75) is 33.2 Å². The van der Waals surface area contributed by atoms with E-state index in [1.165, 1.54) is 0 Å². The molecule has 0 fully saturated rings. The molecule has 0 saturated carbocycles. The minimum atomic E-state index is -0.164. The van der Waals surface area contributed by atoms with Crippen LogP contribution in [0.15, 0.2) is 18.2 Å². The first-order chi connectivity index (χ1) is 9.99. The van der Waals surface area contributed by atoms with Gasteiger partial charge < -0.3 is 15.1 Å². The van der Waals surface area contributed by atoms with Crippen molar-refractivity contribution in [1.29, 1.82) is 0 Å². The molecule has 0 saturated heterocycles. The van der Waals surface area contributed by atoms with Crippen LogP contribution in [0.25, 0.3) is 0 Å². The first kappa shape index (κ1) is 17.9. The zero-order chi connectivity index (χ0) is 15.8. The van der Waals surface area contributed by atoms with Crippen LogP contribution in [0.1, 0.15) is 38.8 Å². The van der Waals surface area contributed by atoms with Gasteiger partial charge in [0, 0.05) is 24.8 Å². The van der Waals surface area contributed by atoms with Crippen LogP contribution in [0, 0.1) is 5.82 Å². The molecule has 3 nitrogen and oxygen atoms in total. The summed E-state index contributed by atoms with van der Waals surface area (Å²) in [7, 11) is 4.18. The Morgan fingerprint density at radius 2 is 1.90 bits per heavy atom. The highest BCUT2D eigenvalue weighted by atomic mass is 19.1. The summed E-state index contributed by atoms with van der Waals surface area (Å²) >= 11 is 0. The lowest BCUT2D eigenvalue weighted by Gasteiger charge is -2.28. The lowest BCUT2D eigenvalue weighted by molar-refractivity contribution is 0.400. The summed E-state index contributed by atoms with van der Waals surface area (Å²) in [6, 6.07) is 5.30. The molecular weight excluding hydrogens is 265 g/mol. The fourth-order valence-electron chi connectivity index (χ4n) is 2.60. The SMILES string of the molecule is CCNC(C)c1cc(F)ccc1N(CC)CCCN(C)C. The number of benzene rings is 1. The monoisotopic (exact) mass is 295 g/mol. The van der Waals surface area contributed by atoms with Gasteiger partial charge >= 0.3 is 0 Å². The molecule has 4 heteroatoms. The number of hydrogen-bond acceptors (Lipinski definition) is 3. The second-order valence-electron chi connectivity index (χ2n) is 5.72. The first-order valence-electron chi connectivity index (χ1n) is 7.92. The fourth-order valence-corrected chi connectivity index (χ4v) is 2.60. The molecule has 0 radical (unpaired) electrons. The van der Waals surface area contributed by atoms with E-state index in [0.717, 1.165) is 43.9 Å². The van der Waals surface area contributed by atoms with Crippen LogP contribution in [0.4, 0.5) is 10.1 Å². The summed E-state index contributed by atoms with van der Waals surface area (Å²) in [6.07, 6.45) is 1.10. The highest BCUT2D eigenvalue weighted by molar-refractivity contribution is 5.55. The standard InChI is InChI=1S/C17H30FN3/c1-6-19-14(3)16-13-15(18)9-10-17(16)21(7-2)12-8-11-20(4)5/h9-10,13-14,19H,6-8,11-12H2,1-5H3. The van der Waals surface area contributed by atoms with Gasteiger partial charge in [0.2, 0.25) is 0 Å². The van der Waals surface area contributed by atoms with Gasteiger partial charge in [0.25, 0.3) is 0 Å². The minimum Gasteiger partial charge on any atom is -0.371 e. The quantitative estimate of drug-likeness (QED) is 0.754. The molecule has 21 heavy (non-hydrogen) atoms. The van der Waals surface area contributed by atoms with E-state index >= 15 is 0 Å². The third-order valence-electron chi connectivity index (χ3n) is 3.72. The van der Waals surface area contributed by atoms with Crippen molar-refractivity contribution in [3.05, 3.63) is 29.6 Å². The van der Waals surface area contributed by atoms with Gasteiger partial charge in [0.1, 0.15) is 5.82 Å². The minimum absolute atomic E-state index is 0.156. The van der Waals surface area contributed by atoms with E-state index in [1.807, 2.05) is 6.07 Å². The van der Waals surface area contributed by atoms with E-state index in [-0.39, 0.29) is 11.9 Å². The van der Waals surface area contributed by atoms with E-state index < -0.39 is 0 Å². The Hall–Kier alpha value is -1.13. The van der Waals surface area contributed by atoms with Gasteiger partial charge in [-0.2, -0.15) is 0 Å². The van der Waals surface area contributed by atoms with E-state index in [4.69, 9.17) is 0 Å². The number of hydrogen-bond donors (Lipinski definition) is 1. The maximum atomic E-state index is 13.6. The van der Waals surface area contributed by atoms with E-state index in [1.54, 1.807) is 12.1 Å². The van der Waals surface area contributed by atoms with E-state index in [9.17, 15) is 4.39 Å². The van der Waals surface area contributed by atoms with Crippen molar-refractivity contribution < 1.29 is 4.39 Å². The van der Waals surface area contributed by atoms with Crippen LogP contribution in [0.2, 0.25) is 0 Å². The maximum absolute atomic E-state index is 13.6. The average molecular weight is 295 g/mol. The van der Waals surface area contributed by atoms with Gasteiger partial charge in [0.15, 0.2) is 0 Å². The molecule has 0 amide bonds. The predicted octanol–water partition coefficient (Wildman–Crippen LogP) is 3.27. The Kier molecular flexibility index (Phi) is 7.68. The average Bonchev–Trinajstić information content (AvgIpc) is 2.44. The first-order valence-corrected chi connectivity index (χ1v) is 7.92. The molecule has 0 aliphatic rings. The Labute approximate surface area is 129 Å². The highest BCUT2D eigenvalue weighted by Gasteiger charge is 2.15. The molecule has 0 spiro atoms. The van der Waals surface area contributed by atoms with E-state index in [2.05, 4.69) is 50.0 Å². The molecule has 1 N–H and O–H groups in total. The summed E-state index contributed by atoms with van der Waals surface area (Å²) < 4.78 is 13.6. The van der Waals surface area contributed by atoms with Crippen molar-refractivity contribution in [2.75, 3.05) is 45.2 Å². The van der Waals surface area contributed by atoms with Crippen molar-refractivity contribution in [2.24, 2.45) is 0 Å². The smallest absolute Gasteiger partial charge is 0.123 e. The topological polar surface area (TPSA) is 18.5 Å². The van der Waals surface area contributed by atoms with Crippen LogP contribution in [-0.2, 0) is 0 Å². The second-order valence-corrected chi connectivity index (χ2v) is 5.72. The van der Waals surface area contributed by atoms with Gasteiger partial charge in [-0.25, -0.2) is 4.39 Å². The summed E-state index contributed by atoms with van der Waals surface area (Å²) in [5, 5.41) is 3.38. The summed E-state index contributed by atoms with van der Waals surface area (Å²) in [5.74, 6) is -0.164. The van der Waals surface area contributed by atoms with Crippen molar-refractivity contribution in [3.63, 3.8) is 0 Å². The molecule has 0 bridgehead atoms. The molecule has 0 heterocycles. The van der Waals surface area contributed by atoms with E-state index in [0.29, 0.717) is 0 Å². The summed E-state index contributed by atoms with van der Waals surface area (Å²) in [6.45, 7) is 10.2. The summed E-state index contributed by atoms with van der Waals surface area (Å²) in [4.78, 5) is 4.53. The van der Waals surface area contributed by atoms with Crippen molar-refractivity contribution in [3.8, 4) is 0 Å². The molecule has 1 atom stereocenters. The van der Waals surface area contributed by atoms with Gasteiger partial charge in [-0.3, -0.25) is 0 Å². The van der Waals surface area contributed by atoms with Gasteiger partial charge in [0.05, 0.1) is 0 Å². The largest absolute Gasteiger partial charge is 0.371 e. The Morgan fingerprint density at radius 3 is 2.48 bits per heavy atom. The van der Waals surface area contributed by atoms with Crippen LogP contribution >= 0.6 is 0 Å². The lowest BCUT2D eigenvalue weighted by Crippen LogP contribution is -2.29. The fraction of sp³-hybridized carbons (Fsp3) is 0.647. The van der Waals surface area contributed by atoms with Crippen LogP contribution in [0.5, 0.6) is 0 Å². The molecule has 1 unspecified atom stereocenters. The van der Waals surface area contributed by atoms with Crippen LogP contribution in [0.3, 0.4) is 0 Å². The number of rotatable bonds is 9. The lowest BCUT2D eigenvalue weighted by atomic mass is 10.0. The third-order valence-corrected chi connectivity index (χ3v) is 3.72. The van der Waals surface area contributed by atoms with Gasteiger partial charge in [-0.05, 0) is 71.2 Å². The molecule has 0 aliphatic heterocycles. The van der Waals surface area contributed by atoms with Crippen LogP contribution in [-0.4, -0.2) is 45.2 Å². The normalized spacial score (nSPS) is 12.7. The molecular formula is C17H30FN3. The Bertz CT molecular complexity index is 420. The van der Waals surface area contributed by atoms with Crippen molar-refractivity contribution >= 4 is 5.69 Å². The molecule has 0 aromatic heterocycles. The second kappa shape index (κ2) is 9.00. The molecule has 1 aromatic rings. The van der Waals surface area contributed by atoms with Crippen LogP contribution < -0.4 is 10.2 Å². The predicted molar refractivity (Wildman–Crippen MR) is 89.5 cm³/mol. The molecule has 1 aromatic carbocycles. The maximum Gasteiger partial charge on any atom is 0.123 e. The zero-order valence-corrected chi connectivity index (χ0v) is 14.1. The number of anilines is 1. The third kappa shape index (κ3) is 5.64. The van der Waals surface area contributed by atoms with Crippen molar-refractivity contribution in [1.82, 2.24) is 10.2 Å². The van der Waals surface area contributed by atoms with Gasteiger partial charge in [-0.15, -0.1) is 0 Å². The number of nitrogens with one attached hydrogen (secondary N) is 1. The van der Waals surface area contributed by atoms with Gasteiger partial charge in [-0.1, -0.05) is 6.92 Å². The highest BCUT2D eigenvalue weighted by Crippen LogP contribution is 2.27. The molecule has 0 aliphatic carbocycles. The summed E-state index contributed by atoms with van der Waals surface area (Å²) in [5.41, 5.74) is 2.19. The molecule has 1 rings (SSSR count). The Morgan fingerprint density at radius 1 is 1.19 bits per heavy atom. The number of nitrogens with zero attached hydrogens (tertiary/aromatic N) is 2. The number of halogens is 1. The molecule has 120 valence electrons.